The topological polar surface area (TPSA) is 66.0 Å². The van der Waals surface area contributed by atoms with E-state index in [1.165, 1.54) is 18.5 Å². The summed E-state index contributed by atoms with van der Waals surface area (Å²) in [6.45, 7) is 0. The first-order valence-electron chi connectivity index (χ1n) is 5.01. The van der Waals surface area contributed by atoms with E-state index in [0.29, 0.717) is 12.3 Å². The number of hydrogen-bond donors (Lipinski definition) is 2. The molecule has 14 heavy (non-hydrogen) atoms. The fourth-order valence-electron chi connectivity index (χ4n) is 1.51. The lowest BCUT2D eigenvalue weighted by Gasteiger charge is -1.94. The van der Waals surface area contributed by atoms with Gasteiger partial charge in [-0.15, -0.1) is 0 Å². The Morgan fingerprint density at radius 1 is 1.64 bits per heavy atom. The van der Waals surface area contributed by atoms with Crippen molar-refractivity contribution in [3.8, 4) is 0 Å². The van der Waals surface area contributed by atoms with Gasteiger partial charge in [0, 0.05) is 30.7 Å². The summed E-state index contributed by atoms with van der Waals surface area (Å²) in [5.41, 5.74) is 1.22. The normalized spacial score (nSPS) is 15.7. The van der Waals surface area contributed by atoms with Gasteiger partial charge in [0.25, 0.3) is 0 Å². The molecule has 1 saturated carbocycles. The van der Waals surface area contributed by atoms with Crippen molar-refractivity contribution < 1.29 is 9.90 Å². The number of nitrogens with zero attached hydrogens (tertiary/aromatic N) is 1. The van der Waals surface area contributed by atoms with Gasteiger partial charge in [-0.2, -0.15) is 0 Å². The van der Waals surface area contributed by atoms with Gasteiger partial charge in [-0.25, -0.2) is 4.98 Å². The Balaban J connectivity index is 1.80. The molecule has 0 aromatic carbocycles. The molecule has 0 unspecified atom stereocenters. The molecule has 1 aromatic rings. The standard InChI is InChI=1S/C10H14N2O2/c13-10(14)3-1-2-9-11-6-8(12-9)7-4-5-7/h6-7H,1-5H2,(H,11,12)(H,13,14). The quantitative estimate of drug-likeness (QED) is 0.749. The van der Waals surface area contributed by atoms with Crippen molar-refractivity contribution in [1.82, 2.24) is 9.97 Å². The average molecular weight is 194 g/mol. The van der Waals surface area contributed by atoms with Crippen molar-refractivity contribution >= 4 is 5.97 Å². The number of rotatable bonds is 5. The van der Waals surface area contributed by atoms with Crippen molar-refractivity contribution in [2.24, 2.45) is 0 Å². The average Bonchev–Trinajstić information content (AvgIpc) is 2.87. The van der Waals surface area contributed by atoms with Gasteiger partial charge in [-0.05, 0) is 19.3 Å². The Labute approximate surface area is 82.4 Å². The van der Waals surface area contributed by atoms with E-state index in [-0.39, 0.29) is 6.42 Å². The number of aryl methyl sites for hydroxylation is 1. The van der Waals surface area contributed by atoms with E-state index >= 15 is 0 Å². The Morgan fingerprint density at radius 2 is 2.43 bits per heavy atom. The molecule has 1 aliphatic carbocycles. The number of aromatic nitrogens is 2. The van der Waals surface area contributed by atoms with Crippen molar-refractivity contribution in [3.05, 3.63) is 17.7 Å². The molecule has 76 valence electrons. The molecular formula is C10H14N2O2. The van der Waals surface area contributed by atoms with Crippen LogP contribution in [0.1, 0.15) is 43.1 Å². The summed E-state index contributed by atoms with van der Waals surface area (Å²) >= 11 is 0. The summed E-state index contributed by atoms with van der Waals surface area (Å²) in [6, 6.07) is 0. The molecule has 4 nitrogen and oxygen atoms in total. The van der Waals surface area contributed by atoms with Crippen LogP contribution in [0.4, 0.5) is 0 Å². The Morgan fingerprint density at radius 3 is 3.07 bits per heavy atom. The summed E-state index contributed by atoms with van der Waals surface area (Å²) in [5.74, 6) is 0.878. The molecule has 4 heteroatoms. The van der Waals surface area contributed by atoms with Gasteiger partial charge in [-0.1, -0.05) is 0 Å². The summed E-state index contributed by atoms with van der Waals surface area (Å²) in [7, 11) is 0. The second-order valence-corrected chi connectivity index (χ2v) is 3.81. The second-order valence-electron chi connectivity index (χ2n) is 3.81. The van der Waals surface area contributed by atoms with Crippen LogP contribution in [0.15, 0.2) is 6.20 Å². The van der Waals surface area contributed by atoms with Crippen LogP contribution < -0.4 is 0 Å². The van der Waals surface area contributed by atoms with Gasteiger partial charge in [0.2, 0.25) is 0 Å². The molecule has 0 bridgehead atoms. The number of aromatic amines is 1. The van der Waals surface area contributed by atoms with Crippen molar-refractivity contribution in [2.75, 3.05) is 0 Å². The van der Waals surface area contributed by atoms with Gasteiger partial charge < -0.3 is 10.1 Å². The van der Waals surface area contributed by atoms with Crippen molar-refractivity contribution in [3.63, 3.8) is 0 Å². The molecule has 0 aliphatic heterocycles. The summed E-state index contributed by atoms with van der Waals surface area (Å²) in [5, 5.41) is 8.46. The fourth-order valence-corrected chi connectivity index (χ4v) is 1.51. The zero-order valence-electron chi connectivity index (χ0n) is 7.99. The predicted octanol–water partition coefficient (Wildman–Crippen LogP) is 1.69. The van der Waals surface area contributed by atoms with Crippen LogP contribution in [0.25, 0.3) is 0 Å². The van der Waals surface area contributed by atoms with Gasteiger partial charge in [0.15, 0.2) is 0 Å². The number of carboxylic acid groups (broad SMARTS) is 1. The van der Waals surface area contributed by atoms with E-state index in [2.05, 4.69) is 9.97 Å². The molecule has 0 saturated heterocycles. The number of H-pyrrole nitrogens is 1. The summed E-state index contributed by atoms with van der Waals surface area (Å²) < 4.78 is 0. The Kier molecular flexibility index (Phi) is 2.52. The minimum Gasteiger partial charge on any atom is -0.481 e. The maximum Gasteiger partial charge on any atom is 0.303 e. The minimum absolute atomic E-state index is 0.222. The summed E-state index contributed by atoms with van der Waals surface area (Å²) in [6.07, 6.45) is 6.02. The van der Waals surface area contributed by atoms with E-state index in [0.717, 1.165) is 12.2 Å². The first-order chi connectivity index (χ1) is 6.75. The zero-order chi connectivity index (χ0) is 9.97. The van der Waals surface area contributed by atoms with Crippen molar-refractivity contribution in [1.29, 1.82) is 0 Å². The maximum atomic E-state index is 10.3. The van der Waals surface area contributed by atoms with E-state index < -0.39 is 5.97 Å². The van der Waals surface area contributed by atoms with E-state index in [1.54, 1.807) is 0 Å². The van der Waals surface area contributed by atoms with Crippen LogP contribution in [0.3, 0.4) is 0 Å². The highest BCUT2D eigenvalue weighted by Crippen LogP contribution is 2.38. The van der Waals surface area contributed by atoms with Crippen LogP contribution in [0.2, 0.25) is 0 Å². The van der Waals surface area contributed by atoms with Crippen LogP contribution in [0, 0.1) is 0 Å². The first-order valence-corrected chi connectivity index (χ1v) is 5.01. The highest BCUT2D eigenvalue weighted by atomic mass is 16.4. The Bertz CT molecular complexity index is 329. The molecule has 1 aliphatic rings. The maximum absolute atomic E-state index is 10.3. The number of aliphatic carboxylic acids is 1. The lowest BCUT2D eigenvalue weighted by atomic mass is 10.2. The molecule has 2 rings (SSSR count). The monoisotopic (exact) mass is 194 g/mol. The third kappa shape index (κ3) is 2.34. The molecule has 2 N–H and O–H groups in total. The second kappa shape index (κ2) is 3.82. The molecule has 1 fully saturated rings. The van der Waals surface area contributed by atoms with Crippen LogP contribution in [-0.2, 0) is 11.2 Å². The lowest BCUT2D eigenvalue weighted by Crippen LogP contribution is -1.96. The highest BCUT2D eigenvalue weighted by Gasteiger charge is 2.25. The fraction of sp³-hybridized carbons (Fsp3) is 0.600. The van der Waals surface area contributed by atoms with Gasteiger partial charge in [0.05, 0.1) is 0 Å². The molecule has 1 heterocycles. The van der Waals surface area contributed by atoms with Crippen LogP contribution in [-0.4, -0.2) is 21.0 Å². The molecule has 0 atom stereocenters. The van der Waals surface area contributed by atoms with E-state index in [4.69, 9.17) is 5.11 Å². The van der Waals surface area contributed by atoms with Crippen molar-refractivity contribution in [2.45, 2.75) is 38.0 Å². The van der Waals surface area contributed by atoms with Gasteiger partial charge in [0.1, 0.15) is 5.82 Å². The highest BCUT2D eigenvalue weighted by molar-refractivity contribution is 5.66. The first kappa shape index (κ1) is 9.24. The zero-order valence-corrected chi connectivity index (χ0v) is 7.99. The largest absolute Gasteiger partial charge is 0.481 e. The molecule has 0 radical (unpaired) electrons. The summed E-state index contributed by atoms with van der Waals surface area (Å²) in [4.78, 5) is 17.8. The lowest BCUT2D eigenvalue weighted by molar-refractivity contribution is -0.137. The van der Waals surface area contributed by atoms with Gasteiger partial charge >= 0.3 is 5.97 Å². The predicted molar refractivity (Wildman–Crippen MR) is 51.1 cm³/mol. The third-order valence-corrected chi connectivity index (χ3v) is 2.47. The molecule has 0 spiro atoms. The van der Waals surface area contributed by atoms with Crippen LogP contribution in [0.5, 0.6) is 0 Å². The van der Waals surface area contributed by atoms with E-state index in [9.17, 15) is 4.79 Å². The third-order valence-electron chi connectivity index (χ3n) is 2.47. The molecule has 0 amide bonds. The Hall–Kier alpha value is -1.32. The SMILES string of the molecule is O=C(O)CCCc1ncc(C2CC2)[nH]1. The molecular weight excluding hydrogens is 180 g/mol. The number of carboxylic acids is 1. The smallest absolute Gasteiger partial charge is 0.303 e. The van der Waals surface area contributed by atoms with Gasteiger partial charge in [-0.3, -0.25) is 4.79 Å². The number of hydrogen-bond acceptors (Lipinski definition) is 2. The number of carbonyl (C=O) groups is 1. The number of nitrogens with one attached hydrogen (secondary N) is 1. The van der Waals surface area contributed by atoms with Crippen LogP contribution >= 0.6 is 0 Å². The van der Waals surface area contributed by atoms with E-state index in [1.807, 2.05) is 6.20 Å². The minimum atomic E-state index is -0.737. The number of imidazole rings is 1. The molecule has 1 aromatic heterocycles.